The molecule has 0 saturated heterocycles. The standard InChI is InChI=1S/C13H15F2NO5/c1-8(16(6-11(17)18)7-12(19)20)9-2-4-10(5-3-9)21-13(14)15/h2-5,8,13H,6-7H2,1H3,(H,17,18)(H,19,20). The number of aliphatic carboxylic acids is 2. The molecule has 0 aliphatic carbocycles. The quantitative estimate of drug-likeness (QED) is 0.761. The van der Waals surface area contributed by atoms with E-state index < -0.39 is 37.7 Å². The van der Waals surface area contributed by atoms with Gasteiger partial charge in [0.15, 0.2) is 0 Å². The van der Waals surface area contributed by atoms with Gasteiger partial charge in [0.05, 0.1) is 13.1 Å². The topological polar surface area (TPSA) is 87.1 Å². The lowest BCUT2D eigenvalue weighted by Crippen LogP contribution is -2.36. The molecule has 1 atom stereocenters. The Kier molecular flexibility index (Phi) is 6.04. The van der Waals surface area contributed by atoms with Gasteiger partial charge < -0.3 is 14.9 Å². The van der Waals surface area contributed by atoms with Crippen LogP contribution in [0.3, 0.4) is 0 Å². The summed E-state index contributed by atoms with van der Waals surface area (Å²) in [7, 11) is 0. The maximum atomic E-state index is 12.0. The summed E-state index contributed by atoms with van der Waals surface area (Å²) in [6.07, 6.45) is 0. The van der Waals surface area contributed by atoms with E-state index in [1.54, 1.807) is 6.92 Å². The molecule has 1 unspecified atom stereocenters. The fourth-order valence-corrected chi connectivity index (χ4v) is 1.82. The number of carbonyl (C=O) groups is 2. The largest absolute Gasteiger partial charge is 0.480 e. The van der Waals surface area contributed by atoms with Gasteiger partial charge in [0.25, 0.3) is 0 Å². The third-order valence-electron chi connectivity index (χ3n) is 2.81. The summed E-state index contributed by atoms with van der Waals surface area (Å²) >= 11 is 0. The maximum Gasteiger partial charge on any atom is 0.387 e. The fraction of sp³-hybridized carbons (Fsp3) is 0.385. The molecule has 0 amide bonds. The summed E-state index contributed by atoms with van der Waals surface area (Å²) in [4.78, 5) is 22.8. The smallest absolute Gasteiger partial charge is 0.387 e. The average Bonchev–Trinajstić information content (AvgIpc) is 2.36. The molecule has 0 spiro atoms. The third kappa shape index (κ3) is 5.74. The molecular formula is C13H15F2NO5. The lowest BCUT2D eigenvalue weighted by Gasteiger charge is -2.26. The first-order chi connectivity index (χ1) is 9.79. The summed E-state index contributed by atoms with van der Waals surface area (Å²) in [5.74, 6) is -2.33. The summed E-state index contributed by atoms with van der Waals surface area (Å²) in [6, 6.07) is 5.10. The van der Waals surface area contributed by atoms with Crippen molar-refractivity contribution in [1.82, 2.24) is 4.90 Å². The second kappa shape index (κ2) is 7.53. The summed E-state index contributed by atoms with van der Waals surface area (Å²) < 4.78 is 28.3. The van der Waals surface area contributed by atoms with Crippen molar-refractivity contribution in [3.05, 3.63) is 29.8 Å². The summed E-state index contributed by atoms with van der Waals surface area (Å²) in [5.41, 5.74) is 0.596. The molecule has 0 fully saturated rings. The molecule has 1 aromatic rings. The number of halogens is 2. The van der Waals surface area contributed by atoms with E-state index in [1.807, 2.05) is 0 Å². The summed E-state index contributed by atoms with van der Waals surface area (Å²) in [6.45, 7) is -2.18. The van der Waals surface area contributed by atoms with Crippen LogP contribution in [-0.2, 0) is 9.59 Å². The number of rotatable bonds is 8. The molecule has 0 saturated carbocycles. The van der Waals surface area contributed by atoms with Crippen LogP contribution in [0.15, 0.2) is 24.3 Å². The average molecular weight is 303 g/mol. The van der Waals surface area contributed by atoms with Crippen LogP contribution in [0.25, 0.3) is 0 Å². The Bertz CT molecular complexity index is 476. The van der Waals surface area contributed by atoms with Crippen molar-refractivity contribution in [3.63, 3.8) is 0 Å². The van der Waals surface area contributed by atoms with Crippen molar-refractivity contribution >= 4 is 11.9 Å². The van der Waals surface area contributed by atoms with Gasteiger partial charge in [-0.1, -0.05) is 12.1 Å². The maximum absolute atomic E-state index is 12.0. The molecule has 21 heavy (non-hydrogen) atoms. The molecule has 1 rings (SSSR count). The first-order valence-electron chi connectivity index (χ1n) is 6.02. The molecule has 0 aliphatic rings. The SMILES string of the molecule is CC(c1ccc(OC(F)F)cc1)N(CC(=O)O)CC(=O)O. The van der Waals surface area contributed by atoms with Crippen molar-refractivity contribution in [2.24, 2.45) is 0 Å². The van der Waals surface area contributed by atoms with Gasteiger partial charge in [-0.2, -0.15) is 8.78 Å². The Morgan fingerprint density at radius 3 is 2.00 bits per heavy atom. The Hall–Kier alpha value is -2.22. The van der Waals surface area contributed by atoms with Crippen LogP contribution in [0, 0.1) is 0 Å². The van der Waals surface area contributed by atoms with Gasteiger partial charge in [0.2, 0.25) is 0 Å². The van der Waals surface area contributed by atoms with Crippen LogP contribution < -0.4 is 4.74 Å². The zero-order valence-corrected chi connectivity index (χ0v) is 11.2. The predicted octanol–water partition coefficient (Wildman–Crippen LogP) is 1.82. The molecule has 0 bridgehead atoms. The number of hydrogen-bond donors (Lipinski definition) is 2. The third-order valence-corrected chi connectivity index (χ3v) is 2.81. The van der Waals surface area contributed by atoms with Gasteiger partial charge in [-0.15, -0.1) is 0 Å². The van der Waals surface area contributed by atoms with E-state index in [4.69, 9.17) is 10.2 Å². The number of benzene rings is 1. The van der Waals surface area contributed by atoms with Crippen molar-refractivity contribution in [3.8, 4) is 5.75 Å². The van der Waals surface area contributed by atoms with Gasteiger partial charge in [0, 0.05) is 6.04 Å². The van der Waals surface area contributed by atoms with Gasteiger partial charge in [-0.25, -0.2) is 0 Å². The van der Waals surface area contributed by atoms with Crippen molar-refractivity contribution in [2.75, 3.05) is 13.1 Å². The molecule has 2 N–H and O–H groups in total. The van der Waals surface area contributed by atoms with Crippen LogP contribution in [0.2, 0.25) is 0 Å². The van der Waals surface area contributed by atoms with E-state index in [0.717, 1.165) is 0 Å². The van der Waals surface area contributed by atoms with E-state index >= 15 is 0 Å². The Morgan fingerprint density at radius 1 is 1.14 bits per heavy atom. The highest BCUT2D eigenvalue weighted by Gasteiger charge is 2.21. The lowest BCUT2D eigenvalue weighted by molar-refractivity contribution is -0.142. The van der Waals surface area contributed by atoms with Crippen molar-refractivity contribution < 1.29 is 33.3 Å². The predicted molar refractivity (Wildman–Crippen MR) is 68.3 cm³/mol. The zero-order valence-electron chi connectivity index (χ0n) is 11.2. The molecule has 0 aromatic heterocycles. The van der Waals surface area contributed by atoms with E-state index in [9.17, 15) is 18.4 Å². The molecule has 116 valence electrons. The van der Waals surface area contributed by atoms with Gasteiger partial charge in [0.1, 0.15) is 5.75 Å². The number of carboxylic acid groups (broad SMARTS) is 2. The van der Waals surface area contributed by atoms with Gasteiger partial charge in [-0.3, -0.25) is 14.5 Å². The minimum absolute atomic E-state index is 0.0241. The highest BCUT2D eigenvalue weighted by atomic mass is 19.3. The van der Waals surface area contributed by atoms with E-state index in [0.29, 0.717) is 5.56 Å². The van der Waals surface area contributed by atoms with Gasteiger partial charge in [-0.05, 0) is 24.6 Å². The first kappa shape index (κ1) is 16.8. The second-order valence-electron chi connectivity index (χ2n) is 4.32. The first-order valence-corrected chi connectivity index (χ1v) is 6.02. The van der Waals surface area contributed by atoms with Crippen LogP contribution in [-0.4, -0.2) is 46.8 Å². The Morgan fingerprint density at radius 2 is 1.62 bits per heavy atom. The minimum Gasteiger partial charge on any atom is -0.480 e. The van der Waals surface area contributed by atoms with Crippen LogP contribution in [0.4, 0.5) is 8.78 Å². The van der Waals surface area contributed by atoms with Crippen molar-refractivity contribution in [1.29, 1.82) is 0 Å². The molecule has 1 aromatic carbocycles. The number of alkyl halides is 2. The Labute approximate surface area is 119 Å². The number of hydrogen-bond acceptors (Lipinski definition) is 4. The molecule has 0 heterocycles. The monoisotopic (exact) mass is 303 g/mol. The highest BCUT2D eigenvalue weighted by Crippen LogP contribution is 2.23. The molecule has 6 nitrogen and oxygen atoms in total. The van der Waals surface area contributed by atoms with Crippen LogP contribution in [0.1, 0.15) is 18.5 Å². The minimum atomic E-state index is -2.93. The lowest BCUT2D eigenvalue weighted by atomic mass is 10.1. The number of carboxylic acids is 2. The number of nitrogens with zero attached hydrogens (tertiary/aromatic N) is 1. The second-order valence-corrected chi connectivity index (χ2v) is 4.32. The Balaban J connectivity index is 2.84. The molecular weight excluding hydrogens is 288 g/mol. The summed E-state index contributed by atoms with van der Waals surface area (Å²) in [5, 5.41) is 17.6. The van der Waals surface area contributed by atoms with E-state index in [-0.39, 0.29) is 5.75 Å². The van der Waals surface area contributed by atoms with E-state index in [1.165, 1.54) is 29.2 Å². The van der Waals surface area contributed by atoms with Crippen LogP contribution >= 0.6 is 0 Å². The van der Waals surface area contributed by atoms with Crippen molar-refractivity contribution in [2.45, 2.75) is 19.6 Å². The fourth-order valence-electron chi connectivity index (χ4n) is 1.82. The zero-order chi connectivity index (χ0) is 16.0. The van der Waals surface area contributed by atoms with Crippen LogP contribution in [0.5, 0.6) is 5.75 Å². The highest BCUT2D eigenvalue weighted by molar-refractivity contribution is 5.72. The normalized spacial score (nSPS) is 12.4. The number of ether oxygens (including phenoxy) is 1. The molecule has 0 radical (unpaired) electrons. The molecule has 8 heteroatoms. The van der Waals surface area contributed by atoms with Gasteiger partial charge >= 0.3 is 18.6 Å². The molecule has 0 aliphatic heterocycles. The van der Waals surface area contributed by atoms with E-state index in [2.05, 4.69) is 4.74 Å².